The molecule has 2 rings (SSSR count). The van der Waals surface area contributed by atoms with Gasteiger partial charge in [0.05, 0.1) is 4.88 Å². The number of carbonyl (C=O) groups excluding carboxylic acids is 1. The average Bonchev–Trinajstić information content (AvgIpc) is 2.69. The third-order valence-electron chi connectivity index (χ3n) is 2.38. The Hall–Kier alpha value is -0.640. The molecule has 88 valence electrons. The second kappa shape index (κ2) is 5.34. The molecule has 0 aliphatic carbocycles. The third-order valence-corrected chi connectivity index (χ3v) is 4.27. The lowest BCUT2D eigenvalue weighted by Gasteiger charge is -2.03. The second-order valence-electron chi connectivity index (χ2n) is 3.75. The molecule has 0 spiro atoms. The van der Waals surface area contributed by atoms with Gasteiger partial charge in [-0.1, -0.05) is 33.6 Å². The van der Waals surface area contributed by atoms with Crippen molar-refractivity contribution in [3.63, 3.8) is 0 Å². The van der Waals surface area contributed by atoms with Gasteiger partial charge in [0.1, 0.15) is 0 Å². The summed E-state index contributed by atoms with van der Waals surface area (Å²) in [5.41, 5.74) is 0.867. The van der Waals surface area contributed by atoms with Crippen molar-refractivity contribution in [1.82, 2.24) is 0 Å². The van der Waals surface area contributed by atoms with Crippen molar-refractivity contribution in [1.29, 1.82) is 0 Å². The summed E-state index contributed by atoms with van der Waals surface area (Å²) in [7, 11) is 0. The first-order chi connectivity index (χ1) is 8.06. The van der Waals surface area contributed by atoms with Gasteiger partial charge in [0, 0.05) is 20.8 Å². The highest BCUT2D eigenvalue weighted by molar-refractivity contribution is 9.10. The molecule has 0 aliphatic heterocycles. The van der Waals surface area contributed by atoms with Crippen LogP contribution < -0.4 is 0 Å². The molecular formula is C13H10BrClOS. The van der Waals surface area contributed by atoms with Crippen LogP contribution in [0.3, 0.4) is 0 Å². The first kappa shape index (κ1) is 12.8. The molecule has 17 heavy (non-hydrogen) atoms. The van der Waals surface area contributed by atoms with Gasteiger partial charge in [0.2, 0.25) is 0 Å². The minimum Gasteiger partial charge on any atom is -0.293 e. The average molecular weight is 330 g/mol. The van der Waals surface area contributed by atoms with Crippen LogP contribution in [0.2, 0.25) is 5.02 Å². The Morgan fingerprint density at radius 2 is 2.12 bits per heavy atom. The van der Waals surface area contributed by atoms with E-state index in [1.165, 1.54) is 11.3 Å². The van der Waals surface area contributed by atoms with E-state index in [-0.39, 0.29) is 5.78 Å². The Morgan fingerprint density at radius 3 is 2.71 bits per heavy atom. The van der Waals surface area contributed by atoms with E-state index in [0.717, 1.165) is 19.8 Å². The molecule has 0 amide bonds. The Bertz CT molecular complexity index is 562. The first-order valence-corrected chi connectivity index (χ1v) is 7.08. The van der Waals surface area contributed by atoms with Crippen LogP contribution in [0.1, 0.15) is 20.1 Å². The third kappa shape index (κ3) is 3.18. The predicted octanol–water partition coefficient (Wildman–Crippen LogP) is 4.90. The number of rotatable bonds is 3. The van der Waals surface area contributed by atoms with Gasteiger partial charge in [-0.3, -0.25) is 4.79 Å². The highest BCUT2D eigenvalue weighted by atomic mass is 79.9. The van der Waals surface area contributed by atoms with Crippen molar-refractivity contribution in [2.24, 2.45) is 0 Å². The van der Waals surface area contributed by atoms with Crippen LogP contribution in [-0.2, 0) is 6.42 Å². The summed E-state index contributed by atoms with van der Waals surface area (Å²) in [6.45, 7) is 1.99. The fourth-order valence-corrected chi connectivity index (χ4v) is 3.05. The molecule has 0 atom stereocenters. The molecule has 4 heteroatoms. The van der Waals surface area contributed by atoms with E-state index in [2.05, 4.69) is 15.9 Å². The monoisotopic (exact) mass is 328 g/mol. The molecule has 0 aliphatic rings. The van der Waals surface area contributed by atoms with E-state index in [1.807, 2.05) is 37.3 Å². The largest absolute Gasteiger partial charge is 0.293 e. The Morgan fingerprint density at radius 1 is 1.35 bits per heavy atom. The predicted molar refractivity (Wildman–Crippen MR) is 76.2 cm³/mol. The standard InChI is InChI=1S/C13H10BrClOS/c1-8-2-5-13(17-8)12(16)6-9-3-4-10(14)7-11(9)15/h2-5,7H,6H2,1H3. The Balaban J connectivity index is 2.18. The number of Topliss-reactive ketones (excluding diaryl/α,β-unsaturated/α-hetero) is 1. The molecule has 0 N–H and O–H groups in total. The number of hydrogen-bond donors (Lipinski definition) is 0. The van der Waals surface area contributed by atoms with Crippen molar-refractivity contribution >= 4 is 44.7 Å². The number of aryl methyl sites for hydroxylation is 1. The van der Waals surface area contributed by atoms with Gasteiger partial charge >= 0.3 is 0 Å². The van der Waals surface area contributed by atoms with Crippen molar-refractivity contribution in [3.05, 3.63) is 55.1 Å². The molecule has 1 heterocycles. The maximum absolute atomic E-state index is 12.0. The normalized spacial score (nSPS) is 10.5. The molecule has 0 radical (unpaired) electrons. The summed E-state index contributed by atoms with van der Waals surface area (Å²) in [5, 5.41) is 0.626. The summed E-state index contributed by atoms with van der Waals surface area (Å²) in [4.78, 5) is 13.9. The van der Waals surface area contributed by atoms with Crippen LogP contribution in [0.25, 0.3) is 0 Å². The van der Waals surface area contributed by atoms with Gasteiger partial charge < -0.3 is 0 Å². The van der Waals surface area contributed by atoms with Crippen molar-refractivity contribution < 1.29 is 4.79 Å². The molecule has 1 aromatic heterocycles. The quantitative estimate of drug-likeness (QED) is 0.732. The van der Waals surface area contributed by atoms with Gasteiger partial charge in [0.15, 0.2) is 5.78 Å². The molecule has 2 aromatic rings. The number of carbonyl (C=O) groups is 1. The van der Waals surface area contributed by atoms with Crippen LogP contribution >= 0.6 is 38.9 Å². The van der Waals surface area contributed by atoms with E-state index < -0.39 is 0 Å². The Labute approximate surface area is 118 Å². The molecule has 0 saturated carbocycles. The first-order valence-electron chi connectivity index (χ1n) is 5.10. The maximum atomic E-state index is 12.0. The van der Waals surface area contributed by atoms with Gasteiger partial charge in [-0.25, -0.2) is 0 Å². The van der Waals surface area contributed by atoms with Gasteiger partial charge in [-0.15, -0.1) is 11.3 Å². The summed E-state index contributed by atoms with van der Waals surface area (Å²) < 4.78 is 0.922. The highest BCUT2D eigenvalue weighted by Gasteiger charge is 2.11. The van der Waals surface area contributed by atoms with Crippen LogP contribution in [0.15, 0.2) is 34.8 Å². The van der Waals surface area contributed by atoms with Gasteiger partial charge in [0.25, 0.3) is 0 Å². The number of benzene rings is 1. The summed E-state index contributed by atoms with van der Waals surface area (Å²) in [5.74, 6) is 0.118. The summed E-state index contributed by atoms with van der Waals surface area (Å²) >= 11 is 11.0. The Kier molecular flexibility index (Phi) is 4.02. The van der Waals surface area contributed by atoms with Crippen LogP contribution in [-0.4, -0.2) is 5.78 Å². The molecule has 1 nitrogen and oxygen atoms in total. The fraction of sp³-hybridized carbons (Fsp3) is 0.154. The van der Waals surface area contributed by atoms with E-state index in [4.69, 9.17) is 11.6 Å². The van der Waals surface area contributed by atoms with Crippen LogP contribution in [0.5, 0.6) is 0 Å². The second-order valence-corrected chi connectivity index (χ2v) is 6.36. The van der Waals surface area contributed by atoms with Crippen molar-refractivity contribution in [3.8, 4) is 0 Å². The maximum Gasteiger partial charge on any atom is 0.177 e. The van der Waals surface area contributed by atoms with E-state index >= 15 is 0 Å². The van der Waals surface area contributed by atoms with Crippen molar-refractivity contribution in [2.75, 3.05) is 0 Å². The zero-order valence-corrected chi connectivity index (χ0v) is 12.3. The zero-order chi connectivity index (χ0) is 12.4. The smallest absolute Gasteiger partial charge is 0.177 e. The fourth-order valence-electron chi connectivity index (χ4n) is 1.51. The highest BCUT2D eigenvalue weighted by Crippen LogP contribution is 2.24. The minimum atomic E-state index is 0.118. The number of thiophene rings is 1. The molecule has 0 bridgehead atoms. The SMILES string of the molecule is Cc1ccc(C(=O)Cc2ccc(Br)cc2Cl)s1. The lowest BCUT2D eigenvalue weighted by atomic mass is 10.1. The lowest BCUT2D eigenvalue weighted by molar-refractivity contribution is 0.0997. The van der Waals surface area contributed by atoms with Crippen LogP contribution in [0, 0.1) is 6.92 Å². The molecule has 0 saturated heterocycles. The zero-order valence-electron chi connectivity index (χ0n) is 9.17. The lowest BCUT2D eigenvalue weighted by Crippen LogP contribution is -2.01. The van der Waals surface area contributed by atoms with E-state index in [0.29, 0.717) is 11.4 Å². The van der Waals surface area contributed by atoms with E-state index in [1.54, 1.807) is 0 Å². The number of ketones is 1. The summed E-state index contributed by atoms with van der Waals surface area (Å²) in [6, 6.07) is 9.42. The summed E-state index contributed by atoms with van der Waals surface area (Å²) in [6.07, 6.45) is 0.353. The minimum absolute atomic E-state index is 0.118. The molecule has 0 unspecified atom stereocenters. The van der Waals surface area contributed by atoms with Crippen molar-refractivity contribution in [2.45, 2.75) is 13.3 Å². The van der Waals surface area contributed by atoms with Gasteiger partial charge in [-0.2, -0.15) is 0 Å². The topological polar surface area (TPSA) is 17.1 Å². The molecule has 1 aromatic carbocycles. The number of halogens is 2. The van der Waals surface area contributed by atoms with Gasteiger partial charge in [-0.05, 0) is 36.8 Å². The molecule has 0 fully saturated rings. The van der Waals surface area contributed by atoms with E-state index in [9.17, 15) is 4.79 Å². The molecular weight excluding hydrogens is 320 g/mol. The van der Waals surface area contributed by atoms with Crippen LogP contribution in [0.4, 0.5) is 0 Å². The number of hydrogen-bond acceptors (Lipinski definition) is 2.